The zero-order chi connectivity index (χ0) is 15.5. The number of nitrogens with zero attached hydrogens (tertiary/aromatic N) is 3. The van der Waals surface area contributed by atoms with E-state index >= 15 is 0 Å². The number of carbonyl (C=O) groups excluding carboxylic acids is 1. The van der Waals surface area contributed by atoms with Crippen molar-refractivity contribution >= 4 is 27.5 Å². The van der Waals surface area contributed by atoms with E-state index < -0.39 is 10.2 Å². The Morgan fingerprint density at radius 2 is 1.95 bits per heavy atom. The van der Waals surface area contributed by atoms with Gasteiger partial charge in [0.2, 0.25) is 5.91 Å². The van der Waals surface area contributed by atoms with Crippen LogP contribution >= 0.6 is 11.3 Å². The van der Waals surface area contributed by atoms with Crippen molar-refractivity contribution < 1.29 is 13.2 Å². The van der Waals surface area contributed by atoms with E-state index in [0.717, 1.165) is 6.42 Å². The number of amides is 1. The summed E-state index contributed by atoms with van der Waals surface area (Å²) in [4.78, 5) is 13.9. The molecule has 0 N–H and O–H groups in total. The molecule has 1 aliphatic rings. The summed E-state index contributed by atoms with van der Waals surface area (Å²) in [6.45, 7) is 1.67. The van der Waals surface area contributed by atoms with Crippen LogP contribution in [0.25, 0.3) is 0 Å². The van der Waals surface area contributed by atoms with Crippen LogP contribution in [0.3, 0.4) is 0 Å². The lowest BCUT2D eigenvalue weighted by Crippen LogP contribution is -2.53. The van der Waals surface area contributed by atoms with E-state index in [2.05, 4.69) is 5.38 Å². The highest BCUT2D eigenvalue weighted by Crippen LogP contribution is 2.13. The SMILES string of the molecule is CN(C)S(=O)(=O)N1CCN(C(=O)CCc2ccsc2)CC1. The Morgan fingerprint density at radius 3 is 2.48 bits per heavy atom. The lowest BCUT2D eigenvalue weighted by Gasteiger charge is -2.35. The fraction of sp³-hybridized carbons (Fsp3) is 0.615. The molecule has 1 aromatic heterocycles. The van der Waals surface area contributed by atoms with Crippen LogP contribution in [0.5, 0.6) is 0 Å². The van der Waals surface area contributed by atoms with Gasteiger partial charge in [-0.25, -0.2) is 0 Å². The summed E-state index contributed by atoms with van der Waals surface area (Å²) in [5.41, 5.74) is 1.18. The molecular formula is C13H21N3O3S2. The minimum absolute atomic E-state index is 0.100. The molecule has 2 heterocycles. The first kappa shape index (κ1) is 16.4. The van der Waals surface area contributed by atoms with Crippen LogP contribution in [0.15, 0.2) is 16.8 Å². The second kappa shape index (κ2) is 6.87. The third-order valence-corrected chi connectivity index (χ3v) is 6.26. The van der Waals surface area contributed by atoms with Crippen molar-refractivity contribution in [3.63, 3.8) is 0 Å². The van der Waals surface area contributed by atoms with Crippen molar-refractivity contribution in [1.29, 1.82) is 0 Å². The molecule has 1 aromatic rings. The number of piperazine rings is 1. The van der Waals surface area contributed by atoms with Crippen LogP contribution in [0.1, 0.15) is 12.0 Å². The molecule has 0 saturated carbocycles. The van der Waals surface area contributed by atoms with Crippen LogP contribution in [0, 0.1) is 0 Å². The highest BCUT2D eigenvalue weighted by molar-refractivity contribution is 7.86. The molecule has 1 amide bonds. The van der Waals surface area contributed by atoms with Gasteiger partial charge in [0.05, 0.1) is 0 Å². The summed E-state index contributed by atoms with van der Waals surface area (Å²) in [5, 5.41) is 4.06. The highest BCUT2D eigenvalue weighted by atomic mass is 32.2. The average Bonchev–Trinajstić information content (AvgIpc) is 2.98. The number of hydrogen-bond donors (Lipinski definition) is 0. The summed E-state index contributed by atoms with van der Waals surface area (Å²) in [6, 6.07) is 2.03. The largest absolute Gasteiger partial charge is 0.340 e. The quantitative estimate of drug-likeness (QED) is 0.795. The Labute approximate surface area is 130 Å². The maximum absolute atomic E-state index is 12.1. The first-order chi connectivity index (χ1) is 9.91. The molecule has 1 fully saturated rings. The van der Waals surface area contributed by atoms with Gasteiger partial charge in [-0.05, 0) is 28.8 Å². The van der Waals surface area contributed by atoms with Gasteiger partial charge in [0.15, 0.2) is 0 Å². The van der Waals surface area contributed by atoms with Crippen molar-refractivity contribution in [3.8, 4) is 0 Å². The van der Waals surface area contributed by atoms with Crippen molar-refractivity contribution in [2.24, 2.45) is 0 Å². The molecule has 0 unspecified atom stereocenters. The smallest absolute Gasteiger partial charge is 0.281 e. The predicted molar refractivity (Wildman–Crippen MR) is 83.4 cm³/mol. The molecule has 0 spiro atoms. The number of rotatable bonds is 5. The van der Waals surface area contributed by atoms with Crippen molar-refractivity contribution in [2.75, 3.05) is 40.3 Å². The fourth-order valence-corrected chi connectivity index (χ4v) is 4.03. The monoisotopic (exact) mass is 331 g/mol. The van der Waals surface area contributed by atoms with Crippen molar-refractivity contribution in [1.82, 2.24) is 13.5 Å². The Morgan fingerprint density at radius 1 is 1.29 bits per heavy atom. The Kier molecular flexibility index (Phi) is 5.37. The van der Waals surface area contributed by atoms with Gasteiger partial charge in [0, 0.05) is 46.7 Å². The lowest BCUT2D eigenvalue weighted by molar-refractivity contribution is -0.132. The fourth-order valence-electron chi connectivity index (χ4n) is 2.24. The lowest BCUT2D eigenvalue weighted by atomic mass is 10.1. The van der Waals surface area contributed by atoms with Crippen LogP contribution in [0.2, 0.25) is 0 Å². The van der Waals surface area contributed by atoms with Gasteiger partial charge < -0.3 is 4.90 Å². The minimum atomic E-state index is -3.37. The van der Waals surface area contributed by atoms with E-state index in [0.29, 0.717) is 32.6 Å². The van der Waals surface area contributed by atoms with Crippen LogP contribution in [0.4, 0.5) is 0 Å². The average molecular weight is 331 g/mol. The second-order valence-corrected chi connectivity index (χ2v) is 8.12. The number of hydrogen-bond acceptors (Lipinski definition) is 4. The van der Waals surface area contributed by atoms with Gasteiger partial charge in [-0.15, -0.1) is 0 Å². The summed E-state index contributed by atoms with van der Waals surface area (Å²) >= 11 is 1.63. The molecule has 118 valence electrons. The van der Waals surface area contributed by atoms with Gasteiger partial charge in [-0.1, -0.05) is 0 Å². The molecule has 0 bridgehead atoms. The van der Waals surface area contributed by atoms with E-state index in [-0.39, 0.29) is 5.91 Å². The molecule has 2 rings (SSSR count). The van der Waals surface area contributed by atoms with Crippen LogP contribution in [-0.4, -0.2) is 68.1 Å². The summed E-state index contributed by atoms with van der Waals surface area (Å²) < 4.78 is 26.6. The summed E-state index contributed by atoms with van der Waals surface area (Å²) in [7, 11) is -0.324. The predicted octanol–water partition coefficient (Wildman–Crippen LogP) is 0.631. The topological polar surface area (TPSA) is 60.9 Å². The molecule has 0 aromatic carbocycles. The standard InChI is InChI=1S/C13H21N3O3S2/c1-14(2)21(18,19)16-8-6-15(7-9-16)13(17)4-3-12-5-10-20-11-12/h5,10-11H,3-4,6-9H2,1-2H3. The second-order valence-electron chi connectivity index (χ2n) is 5.20. The van der Waals surface area contributed by atoms with E-state index in [4.69, 9.17) is 0 Å². The van der Waals surface area contributed by atoms with Crippen molar-refractivity contribution in [2.45, 2.75) is 12.8 Å². The molecule has 6 nitrogen and oxygen atoms in total. The van der Waals surface area contributed by atoms with Gasteiger partial charge in [-0.2, -0.15) is 28.4 Å². The molecule has 0 aliphatic carbocycles. The molecule has 0 radical (unpaired) electrons. The maximum Gasteiger partial charge on any atom is 0.281 e. The zero-order valence-corrected chi connectivity index (χ0v) is 14.0. The molecular weight excluding hydrogens is 310 g/mol. The van der Waals surface area contributed by atoms with Gasteiger partial charge in [-0.3, -0.25) is 4.79 Å². The zero-order valence-electron chi connectivity index (χ0n) is 12.4. The number of aryl methyl sites for hydroxylation is 1. The van der Waals surface area contributed by atoms with Gasteiger partial charge in [0.25, 0.3) is 10.2 Å². The first-order valence-electron chi connectivity index (χ1n) is 6.87. The summed E-state index contributed by atoms with van der Waals surface area (Å²) in [5.74, 6) is 0.100. The Bertz CT molecular complexity index is 561. The molecule has 1 saturated heterocycles. The molecule has 1 aliphatic heterocycles. The molecule has 21 heavy (non-hydrogen) atoms. The van der Waals surface area contributed by atoms with E-state index in [1.165, 1.54) is 28.3 Å². The van der Waals surface area contributed by atoms with Crippen LogP contribution < -0.4 is 0 Å². The third kappa shape index (κ3) is 4.03. The van der Waals surface area contributed by atoms with E-state index in [9.17, 15) is 13.2 Å². The van der Waals surface area contributed by atoms with Crippen molar-refractivity contribution in [3.05, 3.63) is 22.4 Å². The number of carbonyl (C=O) groups is 1. The van der Waals surface area contributed by atoms with E-state index in [1.54, 1.807) is 16.2 Å². The highest BCUT2D eigenvalue weighted by Gasteiger charge is 2.29. The van der Waals surface area contributed by atoms with Gasteiger partial charge >= 0.3 is 0 Å². The van der Waals surface area contributed by atoms with Gasteiger partial charge in [0.1, 0.15) is 0 Å². The molecule has 0 atom stereocenters. The van der Waals surface area contributed by atoms with Crippen LogP contribution in [-0.2, 0) is 21.4 Å². The van der Waals surface area contributed by atoms with E-state index in [1.807, 2.05) is 11.4 Å². The maximum atomic E-state index is 12.1. The Balaban J connectivity index is 1.82. The normalized spacial score (nSPS) is 17.4. The third-order valence-electron chi connectivity index (χ3n) is 3.59. The number of thiophene rings is 1. The minimum Gasteiger partial charge on any atom is -0.340 e. The first-order valence-corrected chi connectivity index (χ1v) is 9.21. The molecule has 8 heteroatoms. The Hall–Kier alpha value is -0.960. The summed E-state index contributed by atoms with van der Waals surface area (Å²) in [6.07, 6.45) is 1.23.